The molecule has 0 bridgehead atoms. The lowest BCUT2D eigenvalue weighted by Gasteiger charge is -2.11. The lowest BCUT2D eigenvalue weighted by atomic mass is 9.99. The number of fused-ring (bicyclic) bond motifs is 1. The van der Waals surface area contributed by atoms with Gasteiger partial charge in [-0.1, -0.05) is 28.1 Å². The zero-order valence-electron chi connectivity index (χ0n) is 8.94. The van der Waals surface area contributed by atoms with Gasteiger partial charge < -0.3 is 10.2 Å². The van der Waals surface area contributed by atoms with Crippen molar-refractivity contribution in [3.8, 4) is 5.75 Å². The van der Waals surface area contributed by atoms with E-state index in [9.17, 15) is 10.2 Å². The maximum atomic E-state index is 9.80. The smallest absolute Gasteiger partial charge is 0.119 e. The van der Waals surface area contributed by atoms with E-state index in [2.05, 4.69) is 15.9 Å². The Morgan fingerprint density at radius 1 is 1.25 bits per heavy atom. The molecule has 0 aromatic heterocycles. The molecule has 0 saturated heterocycles. The van der Waals surface area contributed by atoms with Gasteiger partial charge in [0.15, 0.2) is 0 Å². The van der Waals surface area contributed by atoms with Gasteiger partial charge in [-0.3, -0.25) is 0 Å². The van der Waals surface area contributed by atoms with Crippen LogP contribution in [0.4, 0.5) is 0 Å². The largest absolute Gasteiger partial charge is 0.508 e. The van der Waals surface area contributed by atoms with Crippen LogP contribution in [0.25, 0.3) is 10.8 Å². The molecule has 3 heteroatoms. The Labute approximate surface area is 103 Å². The summed E-state index contributed by atoms with van der Waals surface area (Å²) in [6.45, 7) is 1.72. The van der Waals surface area contributed by atoms with Crippen LogP contribution in [0.15, 0.2) is 34.8 Å². The Kier molecular flexibility index (Phi) is 3.17. The summed E-state index contributed by atoms with van der Waals surface area (Å²) in [6.07, 6.45) is 0.00490. The van der Waals surface area contributed by atoms with E-state index in [1.807, 2.05) is 24.3 Å². The zero-order chi connectivity index (χ0) is 11.7. The van der Waals surface area contributed by atoms with Crippen LogP contribution in [0.3, 0.4) is 0 Å². The van der Waals surface area contributed by atoms with Crippen LogP contribution in [0.1, 0.15) is 12.5 Å². The van der Waals surface area contributed by atoms with Crippen molar-refractivity contribution in [1.29, 1.82) is 0 Å². The molecule has 0 heterocycles. The number of phenolic OH excluding ortho intramolecular Hbond substituents is 1. The normalized spacial score (nSPS) is 12.9. The minimum atomic E-state index is -0.458. The Bertz CT molecular complexity index is 521. The Morgan fingerprint density at radius 2 is 2.00 bits per heavy atom. The van der Waals surface area contributed by atoms with E-state index in [4.69, 9.17) is 0 Å². The minimum absolute atomic E-state index is 0.246. The minimum Gasteiger partial charge on any atom is -0.508 e. The molecule has 2 rings (SSSR count). The standard InChI is InChI=1S/C13H13BrO2/c1-8(15)6-12-11-4-3-10(14)7-9(11)2-5-13(12)16/h2-5,7-8,15-16H,6H2,1H3. The number of hydrogen-bond donors (Lipinski definition) is 2. The summed E-state index contributed by atoms with van der Waals surface area (Å²) in [4.78, 5) is 0. The van der Waals surface area contributed by atoms with Gasteiger partial charge in [-0.25, -0.2) is 0 Å². The van der Waals surface area contributed by atoms with E-state index in [1.54, 1.807) is 13.0 Å². The van der Waals surface area contributed by atoms with Gasteiger partial charge in [0, 0.05) is 16.5 Å². The Balaban J connectivity index is 2.64. The van der Waals surface area contributed by atoms with Crippen LogP contribution in [-0.4, -0.2) is 16.3 Å². The third-order valence-electron chi connectivity index (χ3n) is 2.57. The van der Waals surface area contributed by atoms with E-state index in [1.165, 1.54) is 0 Å². The first-order chi connectivity index (χ1) is 7.58. The lowest BCUT2D eigenvalue weighted by molar-refractivity contribution is 0.194. The van der Waals surface area contributed by atoms with Crippen LogP contribution >= 0.6 is 15.9 Å². The van der Waals surface area contributed by atoms with E-state index in [-0.39, 0.29) is 5.75 Å². The average molecular weight is 281 g/mol. The SMILES string of the molecule is CC(O)Cc1c(O)ccc2cc(Br)ccc12. The first-order valence-corrected chi connectivity index (χ1v) is 5.95. The number of aliphatic hydroxyl groups excluding tert-OH is 1. The Morgan fingerprint density at radius 3 is 2.69 bits per heavy atom. The predicted molar refractivity (Wildman–Crippen MR) is 68.7 cm³/mol. The molecule has 0 saturated carbocycles. The second-order valence-corrected chi connectivity index (χ2v) is 4.90. The molecular weight excluding hydrogens is 268 g/mol. The highest BCUT2D eigenvalue weighted by Gasteiger charge is 2.09. The summed E-state index contributed by atoms with van der Waals surface area (Å²) in [5, 5.41) is 21.3. The highest BCUT2D eigenvalue weighted by molar-refractivity contribution is 9.10. The van der Waals surface area contributed by atoms with Gasteiger partial charge in [0.1, 0.15) is 5.75 Å². The second kappa shape index (κ2) is 4.44. The molecule has 0 fully saturated rings. The fourth-order valence-electron chi connectivity index (χ4n) is 1.86. The van der Waals surface area contributed by atoms with Crippen LogP contribution in [0.2, 0.25) is 0 Å². The van der Waals surface area contributed by atoms with Crippen molar-refractivity contribution in [3.63, 3.8) is 0 Å². The molecule has 0 radical (unpaired) electrons. The highest BCUT2D eigenvalue weighted by atomic mass is 79.9. The molecular formula is C13H13BrO2. The molecule has 1 atom stereocenters. The molecule has 84 valence electrons. The summed E-state index contributed by atoms with van der Waals surface area (Å²) < 4.78 is 1.01. The topological polar surface area (TPSA) is 40.5 Å². The molecule has 1 unspecified atom stereocenters. The summed E-state index contributed by atoms with van der Waals surface area (Å²) in [7, 11) is 0. The molecule has 0 aliphatic heterocycles. The van der Waals surface area contributed by atoms with Crippen molar-refractivity contribution in [2.24, 2.45) is 0 Å². The summed E-state index contributed by atoms with van der Waals surface area (Å²) >= 11 is 3.41. The third kappa shape index (κ3) is 2.20. The molecule has 2 N–H and O–H groups in total. The van der Waals surface area contributed by atoms with Crippen LogP contribution < -0.4 is 0 Å². The molecule has 16 heavy (non-hydrogen) atoms. The van der Waals surface area contributed by atoms with Gasteiger partial charge in [0.25, 0.3) is 0 Å². The second-order valence-electron chi connectivity index (χ2n) is 3.98. The van der Waals surface area contributed by atoms with Gasteiger partial charge in [0.05, 0.1) is 6.10 Å². The third-order valence-corrected chi connectivity index (χ3v) is 3.06. The fraction of sp³-hybridized carbons (Fsp3) is 0.231. The van der Waals surface area contributed by atoms with Gasteiger partial charge in [-0.2, -0.15) is 0 Å². The molecule has 0 aliphatic rings. The van der Waals surface area contributed by atoms with Crippen molar-refractivity contribution < 1.29 is 10.2 Å². The van der Waals surface area contributed by atoms with E-state index < -0.39 is 6.10 Å². The lowest BCUT2D eigenvalue weighted by Crippen LogP contribution is -2.04. The molecule has 2 aromatic carbocycles. The van der Waals surface area contributed by atoms with Gasteiger partial charge in [0.2, 0.25) is 0 Å². The summed E-state index contributed by atoms with van der Waals surface area (Å²) in [5.74, 6) is 0.246. The van der Waals surface area contributed by atoms with E-state index >= 15 is 0 Å². The van der Waals surface area contributed by atoms with Crippen molar-refractivity contribution in [3.05, 3.63) is 40.4 Å². The number of phenols is 1. The monoisotopic (exact) mass is 280 g/mol. The van der Waals surface area contributed by atoms with Crippen molar-refractivity contribution >= 4 is 26.7 Å². The number of aliphatic hydroxyl groups is 1. The molecule has 2 nitrogen and oxygen atoms in total. The van der Waals surface area contributed by atoms with Gasteiger partial charge in [-0.05, 0) is 35.9 Å². The molecule has 0 amide bonds. The highest BCUT2D eigenvalue weighted by Crippen LogP contribution is 2.30. The van der Waals surface area contributed by atoms with E-state index in [0.717, 1.165) is 20.8 Å². The van der Waals surface area contributed by atoms with Gasteiger partial charge >= 0.3 is 0 Å². The number of benzene rings is 2. The van der Waals surface area contributed by atoms with Crippen molar-refractivity contribution in [2.75, 3.05) is 0 Å². The van der Waals surface area contributed by atoms with E-state index in [0.29, 0.717) is 6.42 Å². The zero-order valence-corrected chi connectivity index (χ0v) is 10.5. The molecule has 0 spiro atoms. The quantitative estimate of drug-likeness (QED) is 0.887. The van der Waals surface area contributed by atoms with Crippen molar-refractivity contribution in [1.82, 2.24) is 0 Å². The molecule has 0 aliphatic carbocycles. The average Bonchev–Trinajstić information content (AvgIpc) is 2.22. The first kappa shape index (κ1) is 11.4. The van der Waals surface area contributed by atoms with Crippen LogP contribution in [0, 0.1) is 0 Å². The number of hydrogen-bond acceptors (Lipinski definition) is 2. The number of aromatic hydroxyl groups is 1. The van der Waals surface area contributed by atoms with Crippen LogP contribution in [0.5, 0.6) is 5.75 Å². The first-order valence-electron chi connectivity index (χ1n) is 5.16. The fourth-order valence-corrected chi connectivity index (χ4v) is 2.24. The summed E-state index contributed by atoms with van der Waals surface area (Å²) in [5.41, 5.74) is 0.806. The maximum Gasteiger partial charge on any atom is 0.119 e. The summed E-state index contributed by atoms with van der Waals surface area (Å²) in [6, 6.07) is 9.44. The predicted octanol–water partition coefficient (Wildman–Crippen LogP) is 3.23. The Hall–Kier alpha value is -1.06. The molecule has 2 aromatic rings. The van der Waals surface area contributed by atoms with Crippen LogP contribution in [-0.2, 0) is 6.42 Å². The number of halogens is 1. The maximum absolute atomic E-state index is 9.80. The number of rotatable bonds is 2. The van der Waals surface area contributed by atoms with Crippen molar-refractivity contribution in [2.45, 2.75) is 19.4 Å². The van der Waals surface area contributed by atoms with Gasteiger partial charge in [-0.15, -0.1) is 0 Å².